The lowest BCUT2D eigenvalue weighted by Gasteiger charge is -2.45. The van der Waals surface area contributed by atoms with Gasteiger partial charge in [0.2, 0.25) is 0 Å². The van der Waals surface area contributed by atoms with Crippen LogP contribution in [0.5, 0.6) is 0 Å². The first-order valence-corrected chi connectivity index (χ1v) is 6.86. The van der Waals surface area contributed by atoms with Gasteiger partial charge in [-0.1, -0.05) is 17.7 Å². The van der Waals surface area contributed by atoms with Crippen LogP contribution in [0.25, 0.3) is 0 Å². The summed E-state index contributed by atoms with van der Waals surface area (Å²) in [5.41, 5.74) is 1.22. The number of nitrogens with one attached hydrogen (secondary N) is 1. The molecule has 0 aromatic heterocycles. The zero-order valence-corrected chi connectivity index (χ0v) is 12.1. The third-order valence-electron chi connectivity index (χ3n) is 3.73. The van der Waals surface area contributed by atoms with Gasteiger partial charge in [-0.05, 0) is 39.2 Å². The first-order chi connectivity index (χ1) is 8.61. The molecule has 0 saturated carbocycles. The van der Waals surface area contributed by atoms with Crippen LogP contribution in [0, 0.1) is 0 Å². The predicted octanol–water partition coefficient (Wildman–Crippen LogP) is 2.07. The Balaban J connectivity index is 2.22. The third-order valence-corrected chi connectivity index (χ3v) is 3.97. The third kappa shape index (κ3) is 2.97. The first-order valence-electron chi connectivity index (χ1n) is 6.49. The molecule has 18 heavy (non-hydrogen) atoms. The molecule has 3 nitrogen and oxygen atoms in total. The Morgan fingerprint density at radius 1 is 1.39 bits per heavy atom. The molecule has 2 unspecified atom stereocenters. The first kappa shape index (κ1) is 13.7. The average molecular weight is 268 g/mol. The quantitative estimate of drug-likeness (QED) is 0.905. The van der Waals surface area contributed by atoms with Gasteiger partial charge in [-0.25, -0.2) is 0 Å². The van der Waals surface area contributed by atoms with Crippen LogP contribution in [-0.4, -0.2) is 50.7 Å². The molecule has 2 rings (SSSR count). The van der Waals surface area contributed by atoms with E-state index in [0.29, 0.717) is 12.1 Å². The molecular formula is C14H22ClN3. The van der Waals surface area contributed by atoms with Crippen molar-refractivity contribution in [1.82, 2.24) is 10.2 Å². The van der Waals surface area contributed by atoms with Gasteiger partial charge in [0.15, 0.2) is 0 Å². The van der Waals surface area contributed by atoms with Crippen molar-refractivity contribution in [2.45, 2.75) is 19.0 Å². The molecule has 0 aliphatic carbocycles. The van der Waals surface area contributed by atoms with Crippen molar-refractivity contribution in [3.05, 3.63) is 29.3 Å². The van der Waals surface area contributed by atoms with E-state index in [9.17, 15) is 0 Å². The summed E-state index contributed by atoms with van der Waals surface area (Å²) in [5, 5.41) is 4.09. The van der Waals surface area contributed by atoms with Gasteiger partial charge in [0.05, 0.1) is 6.04 Å². The maximum atomic E-state index is 6.10. The van der Waals surface area contributed by atoms with Crippen molar-refractivity contribution < 1.29 is 0 Å². The zero-order chi connectivity index (χ0) is 13.1. The Morgan fingerprint density at radius 2 is 2.17 bits per heavy atom. The predicted molar refractivity (Wildman–Crippen MR) is 78.6 cm³/mol. The van der Waals surface area contributed by atoms with Crippen molar-refractivity contribution >= 4 is 17.3 Å². The van der Waals surface area contributed by atoms with Gasteiger partial charge in [0, 0.05) is 36.4 Å². The van der Waals surface area contributed by atoms with Crippen LogP contribution in [-0.2, 0) is 0 Å². The van der Waals surface area contributed by atoms with Crippen LogP contribution in [0.4, 0.5) is 5.69 Å². The second-order valence-corrected chi connectivity index (χ2v) is 5.57. The molecule has 2 atom stereocenters. The van der Waals surface area contributed by atoms with Crippen LogP contribution < -0.4 is 10.2 Å². The minimum absolute atomic E-state index is 0.495. The monoisotopic (exact) mass is 267 g/mol. The van der Waals surface area contributed by atoms with Gasteiger partial charge in [0.25, 0.3) is 0 Å². The smallest absolute Gasteiger partial charge is 0.0542 e. The molecule has 0 amide bonds. The summed E-state index contributed by atoms with van der Waals surface area (Å²) in [4.78, 5) is 4.89. The molecule has 1 aliphatic rings. The summed E-state index contributed by atoms with van der Waals surface area (Å²) in [5.74, 6) is 0. The molecule has 1 fully saturated rings. The number of piperazine rings is 1. The van der Waals surface area contributed by atoms with Crippen molar-refractivity contribution in [2.24, 2.45) is 0 Å². The number of halogens is 1. The molecule has 4 heteroatoms. The fraction of sp³-hybridized carbons (Fsp3) is 0.571. The number of likely N-dealkylation sites (N-methyl/N-ethyl adjacent to an activating group) is 2. The van der Waals surface area contributed by atoms with E-state index in [1.165, 1.54) is 5.69 Å². The van der Waals surface area contributed by atoms with E-state index in [0.717, 1.165) is 24.7 Å². The normalized spacial score (nSPS) is 25.4. The molecule has 1 N–H and O–H groups in total. The fourth-order valence-electron chi connectivity index (χ4n) is 2.57. The number of rotatable bonds is 3. The lowest BCUT2D eigenvalue weighted by molar-refractivity contribution is 0.199. The maximum absolute atomic E-state index is 6.10. The van der Waals surface area contributed by atoms with Gasteiger partial charge >= 0.3 is 0 Å². The molecule has 0 bridgehead atoms. The van der Waals surface area contributed by atoms with Crippen LogP contribution >= 0.6 is 11.6 Å². The number of benzene rings is 1. The van der Waals surface area contributed by atoms with E-state index >= 15 is 0 Å². The summed E-state index contributed by atoms with van der Waals surface area (Å²) in [6.07, 6.45) is 0. The van der Waals surface area contributed by atoms with E-state index in [4.69, 9.17) is 11.6 Å². The van der Waals surface area contributed by atoms with Gasteiger partial charge < -0.3 is 10.2 Å². The topological polar surface area (TPSA) is 18.5 Å². The Labute approximate surface area is 115 Å². The summed E-state index contributed by atoms with van der Waals surface area (Å²) < 4.78 is 0. The molecule has 1 aliphatic heterocycles. The van der Waals surface area contributed by atoms with E-state index in [-0.39, 0.29) is 0 Å². The largest absolute Gasteiger partial charge is 0.364 e. The van der Waals surface area contributed by atoms with Crippen molar-refractivity contribution in [3.63, 3.8) is 0 Å². The average Bonchev–Trinajstić information content (AvgIpc) is 2.34. The highest BCUT2D eigenvalue weighted by atomic mass is 35.5. The van der Waals surface area contributed by atoms with Gasteiger partial charge in [-0.2, -0.15) is 0 Å². The minimum Gasteiger partial charge on any atom is -0.364 e. The van der Waals surface area contributed by atoms with E-state index in [2.05, 4.69) is 41.2 Å². The fourth-order valence-corrected chi connectivity index (χ4v) is 2.75. The van der Waals surface area contributed by atoms with E-state index < -0.39 is 0 Å². The Hall–Kier alpha value is -0.770. The van der Waals surface area contributed by atoms with Crippen LogP contribution in [0.1, 0.15) is 6.92 Å². The number of hydrogen-bond acceptors (Lipinski definition) is 3. The van der Waals surface area contributed by atoms with Crippen molar-refractivity contribution in [1.29, 1.82) is 0 Å². The molecule has 100 valence electrons. The molecule has 0 spiro atoms. The minimum atomic E-state index is 0.495. The zero-order valence-electron chi connectivity index (χ0n) is 11.4. The van der Waals surface area contributed by atoms with Crippen LogP contribution in [0.2, 0.25) is 5.02 Å². The second-order valence-electron chi connectivity index (χ2n) is 5.13. The lowest BCUT2D eigenvalue weighted by Crippen LogP contribution is -2.58. The summed E-state index contributed by atoms with van der Waals surface area (Å²) in [6.45, 7) is 5.38. The molecule has 1 aromatic carbocycles. The molecule has 1 aromatic rings. The molecule has 1 saturated heterocycles. The second kappa shape index (κ2) is 5.91. The van der Waals surface area contributed by atoms with Crippen molar-refractivity contribution in [3.8, 4) is 0 Å². The van der Waals surface area contributed by atoms with Crippen molar-refractivity contribution in [2.75, 3.05) is 38.6 Å². The molecule has 1 heterocycles. The van der Waals surface area contributed by atoms with Crippen LogP contribution in [0.3, 0.4) is 0 Å². The van der Waals surface area contributed by atoms with E-state index in [1.54, 1.807) is 0 Å². The lowest BCUT2D eigenvalue weighted by atomic mass is 10.1. The summed E-state index contributed by atoms with van der Waals surface area (Å²) in [7, 11) is 4.21. The van der Waals surface area contributed by atoms with Crippen LogP contribution in [0.15, 0.2) is 24.3 Å². The van der Waals surface area contributed by atoms with Gasteiger partial charge in [-0.3, -0.25) is 4.90 Å². The highest BCUT2D eigenvalue weighted by Gasteiger charge is 2.29. The number of hydrogen-bond donors (Lipinski definition) is 1. The Bertz CT molecular complexity index is 396. The van der Waals surface area contributed by atoms with Gasteiger partial charge in [-0.15, -0.1) is 0 Å². The van der Waals surface area contributed by atoms with E-state index in [1.807, 2.05) is 19.2 Å². The highest BCUT2D eigenvalue weighted by Crippen LogP contribution is 2.25. The molecule has 0 radical (unpaired) electrons. The number of nitrogens with zero attached hydrogens (tertiary/aromatic N) is 2. The molecular weight excluding hydrogens is 246 g/mol. The standard InChI is InChI=1S/C14H22ClN3/c1-11-9-18(13-6-4-5-12(15)7-13)14(8-16-2)10-17(11)3/h4-7,11,14,16H,8-10H2,1-3H3. The highest BCUT2D eigenvalue weighted by molar-refractivity contribution is 6.30. The van der Waals surface area contributed by atoms with Gasteiger partial charge in [0.1, 0.15) is 0 Å². The maximum Gasteiger partial charge on any atom is 0.0542 e. The Kier molecular flexibility index (Phi) is 4.49. The SMILES string of the molecule is CNCC1CN(C)C(C)CN1c1cccc(Cl)c1. The summed E-state index contributed by atoms with van der Waals surface area (Å²) in [6, 6.07) is 9.22. The summed E-state index contributed by atoms with van der Waals surface area (Å²) >= 11 is 6.10. The Morgan fingerprint density at radius 3 is 2.83 bits per heavy atom. The number of anilines is 1.